The predicted molar refractivity (Wildman–Crippen MR) is 93.0 cm³/mol. The molecular formula is C18H16ClF3N2O3. The summed E-state index contributed by atoms with van der Waals surface area (Å²) in [4.78, 5) is 13.8. The second-order valence-electron chi connectivity index (χ2n) is 6.11. The molecule has 1 aliphatic heterocycles. The third-order valence-electron chi connectivity index (χ3n) is 3.91. The minimum Gasteiger partial charge on any atom is -0.467 e. The molecule has 0 saturated carbocycles. The molecule has 0 aliphatic carbocycles. The van der Waals surface area contributed by atoms with Crippen LogP contribution in [0.25, 0.3) is 0 Å². The molecule has 9 heteroatoms. The molecule has 144 valence electrons. The van der Waals surface area contributed by atoms with Crippen molar-refractivity contribution in [3.8, 4) is 5.75 Å². The second-order valence-corrected chi connectivity index (χ2v) is 6.54. The number of carbonyl (C=O) groups excluding carboxylic acids is 1. The van der Waals surface area contributed by atoms with Crippen LogP contribution in [0.2, 0.25) is 5.02 Å². The molecule has 3 rings (SSSR count). The van der Waals surface area contributed by atoms with E-state index >= 15 is 0 Å². The zero-order valence-corrected chi connectivity index (χ0v) is 15.1. The Morgan fingerprint density at radius 3 is 2.81 bits per heavy atom. The van der Waals surface area contributed by atoms with Gasteiger partial charge in [-0.3, -0.25) is 9.69 Å². The molecule has 0 spiro atoms. The number of rotatable bonds is 5. The van der Waals surface area contributed by atoms with E-state index in [1.807, 2.05) is 0 Å². The maximum Gasteiger partial charge on any atom is 0.238 e. The van der Waals surface area contributed by atoms with E-state index in [1.165, 1.54) is 0 Å². The SMILES string of the molecule is CN(CC(=O)Nc1ccc(F)c(F)c1F)Cc1cc(Cl)cc2c1OCOC2. The van der Waals surface area contributed by atoms with Crippen molar-refractivity contribution in [3.05, 3.63) is 57.9 Å². The highest BCUT2D eigenvalue weighted by molar-refractivity contribution is 6.30. The summed E-state index contributed by atoms with van der Waals surface area (Å²) in [6.45, 7) is 0.719. The Morgan fingerprint density at radius 1 is 1.26 bits per heavy atom. The van der Waals surface area contributed by atoms with Crippen LogP contribution >= 0.6 is 11.6 Å². The van der Waals surface area contributed by atoms with E-state index in [0.29, 0.717) is 23.9 Å². The number of amides is 1. The Hall–Kier alpha value is -2.29. The number of hydrogen-bond acceptors (Lipinski definition) is 4. The van der Waals surface area contributed by atoms with Gasteiger partial charge in [-0.2, -0.15) is 0 Å². The van der Waals surface area contributed by atoms with Gasteiger partial charge in [-0.15, -0.1) is 0 Å². The average Bonchev–Trinajstić information content (AvgIpc) is 2.62. The molecule has 2 aromatic carbocycles. The molecule has 1 aliphatic rings. The van der Waals surface area contributed by atoms with E-state index in [2.05, 4.69) is 5.32 Å². The number of benzene rings is 2. The van der Waals surface area contributed by atoms with Gasteiger partial charge in [-0.25, -0.2) is 13.2 Å². The fourth-order valence-corrected chi connectivity index (χ4v) is 3.04. The van der Waals surface area contributed by atoms with Crippen LogP contribution in [0.5, 0.6) is 5.75 Å². The fraction of sp³-hybridized carbons (Fsp3) is 0.278. The van der Waals surface area contributed by atoms with Crippen molar-refractivity contribution in [1.82, 2.24) is 4.90 Å². The third kappa shape index (κ3) is 4.52. The number of halogens is 4. The standard InChI is InChI=1S/C18H16ClF3N2O3/c1-24(6-10-4-12(19)5-11-8-26-9-27-18(10)11)7-15(25)23-14-3-2-13(20)16(21)17(14)22/h2-5H,6-9H2,1H3,(H,23,25). The van der Waals surface area contributed by atoms with Crippen molar-refractivity contribution in [1.29, 1.82) is 0 Å². The Kier molecular flexibility index (Phi) is 5.88. The van der Waals surface area contributed by atoms with Gasteiger partial charge >= 0.3 is 0 Å². The lowest BCUT2D eigenvalue weighted by atomic mass is 10.1. The number of fused-ring (bicyclic) bond motifs is 1. The smallest absolute Gasteiger partial charge is 0.238 e. The lowest BCUT2D eigenvalue weighted by molar-refractivity contribution is -0.117. The van der Waals surface area contributed by atoms with E-state index in [9.17, 15) is 18.0 Å². The van der Waals surface area contributed by atoms with Crippen molar-refractivity contribution < 1.29 is 27.4 Å². The van der Waals surface area contributed by atoms with Gasteiger partial charge in [-0.1, -0.05) is 11.6 Å². The minimum atomic E-state index is -1.63. The summed E-state index contributed by atoms with van der Waals surface area (Å²) in [6.07, 6.45) is 0. The Bertz CT molecular complexity index is 879. The number of ether oxygens (including phenoxy) is 2. The summed E-state index contributed by atoms with van der Waals surface area (Å²) in [5, 5.41) is 2.74. The van der Waals surface area contributed by atoms with Gasteiger partial charge in [-0.05, 0) is 31.3 Å². The lowest BCUT2D eigenvalue weighted by Gasteiger charge is -2.23. The highest BCUT2D eigenvalue weighted by Crippen LogP contribution is 2.32. The monoisotopic (exact) mass is 400 g/mol. The van der Waals surface area contributed by atoms with Crippen LogP contribution < -0.4 is 10.1 Å². The molecule has 0 aromatic heterocycles. The Balaban J connectivity index is 1.66. The minimum absolute atomic E-state index is 0.115. The second kappa shape index (κ2) is 8.16. The molecule has 5 nitrogen and oxygen atoms in total. The van der Waals surface area contributed by atoms with Crippen molar-refractivity contribution in [3.63, 3.8) is 0 Å². The molecule has 0 unspecified atom stereocenters. The van der Waals surface area contributed by atoms with E-state index in [-0.39, 0.29) is 13.3 Å². The van der Waals surface area contributed by atoms with E-state index in [4.69, 9.17) is 21.1 Å². The first kappa shape index (κ1) is 19.5. The number of nitrogens with zero attached hydrogens (tertiary/aromatic N) is 1. The normalized spacial score (nSPS) is 13.3. The number of carbonyl (C=O) groups is 1. The van der Waals surface area contributed by atoms with Gasteiger partial charge in [0.1, 0.15) is 5.75 Å². The summed E-state index contributed by atoms with van der Waals surface area (Å²) in [5.74, 6) is -4.32. The number of anilines is 1. The van der Waals surface area contributed by atoms with Gasteiger partial charge in [0.15, 0.2) is 24.2 Å². The Labute approximate surface area is 158 Å². The van der Waals surface area contributed by atoms with Crippen LogP contribution in [0.4, 0.5) is 18.9 Å². The first-order valence-electron chi connectivity index (χ1n) is 7.99. The zero-order valence-electron chi connectivity index (χ0n) is 14.3. The highest BCUT2D eigenvalue weighted by atomic mass is 35.5. The maximum absolute atomic E-state index is 13.7. The number of nitrogens with one attached hydrogen (secondary N) is 1. The Morgan fingerprint density at radius 2 is 2.04 bits per heavy atom. The summed E-state index contributed by atoms with van der Waals surface area (Å²) < 4.78 is 50.6. The zero-order chi connectivity index (χ0) is 19.6. The van der Waals surface area contributed by atoms with Crippen LogP contribution in [0.15, 0.2) is 24.3 Å². The molecule has 0 fully saturated rings. The van der Waals surface area contributed by atoms with Crippen LogP contribution in [-0.4, -0.2) is 31.2 Å². The quantitative estimate of drug-likeness (QED) is 0.778. The summed E-state index contributed by atoms with van der Waals surface area (Å²) >= 11 is 6.11. The van der Waals surface area contributed by atoms with Crippen molar-refractivity contribution in [2.75, 3.05) is 25.7 Å². The average molecular weight is 401 g/mol. The third-order valence-corrected chi connectivity index (χ3v) is 4.13. The van der Waals surface area contributed by atoms with E-state index < -0.39 is 29.0 Å². The van der Waals surface area contributed by atoms with Gasteiger partial charge in [0.25, 0.3) is 0 Å². The van der Waals surface area contributed by atoms with Gasteiger partial charge < -0.3 is 14.8 Å². The molecule has 27 heavy (non-hydrogen) atoms. The number of likely N-dealkylation sites (N-methyl/N-ethyl adjacent to an activating group) is 1. The first-order valence-corrected chi connectivity index (χ1v) is 8.36. The molecule has 0 atom stereocenters. The van der Waals surface area contributed by atoms with Crippen LogP contribution in [0.3, 0.4) is 0 Å². The summed E-state index contributed by atoms with van der Waals surface area (Å²) in [5.41, 5.74) is 1.16. The largest absolute Gasteiger partial charge is 0.467 e. The molecule has 0 saturated heterocycles. The highest BCUT2D eigenvalue weighted by Gasteiger charge is 2.19. The van der Waals surface area contributed by atoms with Gasteiger partial charge in [0, 0.05) is 22.7 Å². The maximum atomic E-state index is 13.7. The molecule has 0 radical (unpaired) electrons. The summed E-state index contributed by atoms with van der Waals surface area (Å²) in [6, 6.07) is 5.19. The molecule has 1 N–H and O–H groups in total. The first-order chi connectivity index (χ1) is 12.8. The molecule has 1 amide bonds. The van der Waals surface area contributed by atoms with Gasteiger partial charge in [0.2, 0.25) is 5.91 Å². The van der Waals surface area contributed by atoms with E-state index in [0.717, 1.165) is 23.3 Å². The topological polar surface area (TPSA) is 50.8 Å². The molecular weight excluding hydrogens is 385 g/mol. The van der Waals surface area contributed by atoms with Crippen molar-refractivity contribution >= 4 is 23.2 Å². The predicted octanol–water partition coefficient (Wildman–Crippen LogP) is 3.69. The van der Waals surface area contributed by atoms with Gasteiger partial charge in [0.05, 0.1) is 18.8 Å². The lowest BCUT2D eigenvalue weighted by Crippen LogP contribution is -2.30. The van der Waals surface area contributed by atoms with Crippen molar-refractivity contribution in [2.45, 2.75) is 13.2 Å². The summed E-state index contributed by atoms with van der Waals surface area (Å²) in [7, 11) is 1.67. The molecule has 2 aromatic rings. The fourth-order valence-electron chi connectivity index (χ4n) is 2.78. The number of hydrogen-bond donors (Lipinski definition) is 1. The van der Waals surface area contributed by atoms with E-state index in [1.54, 1.807) is 24.1 Å². The molecule has 0 bridgehead atoms. The van der Waals surface area contributed by atoms with Crippen LogP contribution in [0, 0.1) is 17.5 Å². The molecule has 1 heterocycles. The van der Waals surface area contributed by atoms with Crippen LogP contribution in [0.1, 0.15) is 11.1 Å². The van der Waals surface area contributed by atoms with Crippen molar-refractivity contribution in [2.24, 2.45) is 0 Å². The van der Waals surface area contributed by atoms with Crippen LogP contribution in [-0.2, 0) is 22.7 Å².